The summed E-state index contributed by atoms with van der Waals surface area (Å²) in [5.74, 6) is 0.967. The number of ether oxygens (including phenoxy) is 1. The van der Waals surface area contributed by atoms with Crippen molar-refractivity contribution in [3.8, 4) is 5.88 Å². The minimum Gasteiger partial charge on any atom is -0.468 e. The summed E-state index contributed by atoms with van der Waals surface area (Å²) in [6.45, 7) is 6.11. The zero-order valence-electron chi connectivity index (χ0n) is 15.2. The quantitative estimate of drug-likeness (QED) is 0.608. The Morgan fingerprint density at radius 2 is 2.19 bits per heavy atom. The van der Waals surface area contributed by atoms with E-state index in [1.54, 1.807) is 12.4 Å². The van der Waals surface area contributed by atoms with Gasteiger partial charge in [0.15, 0.2) is 0 Å². The topological polar surface area (TPSA) is 50.8 Å². The van der Waals surface area contributed by atoms with E-state index in [1.165, 1.54) is 5.56 Å². The molecule has 0 radical (unpaired) electrons. The van der Waals surface area contributed by atoms with Crippen LogP contribution >= 0.6 is 23.2 Å². The van der Waals surface area contributed by atoms with Crippen LogP contribution < -0.4 is 4.74 Å². The lowest BCUT2D eigenvalue weighted by atomic mass is 9.97. The third-order valence-corrected chi connectivity index (χ3v) is 5.49. The lowest BCUT2D eigenvalue weighted by Gasteiger charge is -2.14. The molecule has 1 aliphatic rings. The lowest BCUT2D eigenvalue weighted by molar-refractivity contribution is 0.238. The van der Waals surface area contributed by atoms with Crippen LogP contribution in [0.15, 0.2) is 34.6 Å². The van der Waals surface area contributed by atoms with E-state index in [-0.39, 0.29) is 6.10 Å². The van der Waals surface area contributed by atoms with Crippen LogP contribution in [-0.4, -0.2) is 21.1 Å². The van der Waals surface area contributed by atoms with Crippen molar-refractivity contribution in [1.29, 1.82) is 0 Å². The number of aromatic nitrogens is 3. The first-order chi connectivity index (χ1) is 12.5. The molecule has 2 unspecified atom stereocenters. The van der Waals surface area contributed by atoms with Gasteiger partial charge in [-0.15, -0.1) is 0 Å². The fraction of sp³-hybridized carbons (Fsp3) is 0.400. The molecule has 1 aliphatic carbocycles. The van der Waals surface area contributed by atoms with Gasteiger partial charge in [0.1, 0.15) is 17.9 Å². The second kappa shape index (κ2) is 8.28. The average Bonchev–Trinajstić information content (AvgIpc) is 2.93. The Morgan fingerprint density at radius 1 is 1.38 bits per heavy atom. The Hall–Kier alpha value is -1.78. The Kier molecular flexibility index (Phi) is 6.05. The van der Waals surface area contributed by atoms with Crippen molar-refractivity contribution in [3.63, 3.8) is 0 Å². The minimum absolute atomic E-state index is 0.231. The van der Waals surface area contributed by atoms with Gasteiger partial charge in [-0.2, -0.15) is 4.98 Å². The van der Waals surface area contributed by atoms with Crippen molar-refractivity contribution < 1.29 is 4.74 Å². The van der Waals surface area contributed by atoms with E-state index in [1.807, 2.05) is 19.9 Å². The highest BCUT2D eigenvalue weighted by molar-refractivity contribution is 6.43. The fourth-order valence-electron chi connectivity index (χ4n) is 3.19. The summed E-state index contributed by atoms with van der Waals surface area (Å²) in [6.07, 6.45) is 12.1. The molecule has 2 aromatic rings. The van der Waals surface area contributed by atoms with Gasteiger partial charge in [0.25, 0.3) is 0 Å². The molecule has 6 heteroatoms. The van der Waals surface area contributed by atoms with Crippen molar-refractivity contribution in [2.45, 2.75) is 52.1 Å². The van der Waals surface area contributed by atoms with Gasteiger partial charge in [-0.3, -0.25) is 0 Å². The second-order valence-electron chi connectivity index (χ2n) is 6.45. The number of hydrogen-bond acceptors (Lipinski definition) is 3. The number of rotatable bonds is 5. The van der Waals surface area contributed by atoms with E-state index >= 15 is 0 Å². The van der Waals surface area contributed by atoms with Gasteiger partial charge in [-0.05, 0) is 44.3 Å². The highest BCUT2D eigenvalue weighted by atomic mass is 35.5. The van der Waals surface area contributed by atoms with Crippen molar-refractivity contribution in [2.75, 3.05) is 0 Å². The highest BCUT2D eigenvalue weighted by Crippen LogP contribution is 2.36. The summed E-state index contributed by atoms with van der Waals surface area (Å²) < 4.78 is 6.13. The standard InChI is InChI=1S/C20H23Cl2N3O/c1-4-13(10-15(22)14(21)5-2)26-20-19-18(23-11-24-20)17-12(3)8-6-7-9-16(17)25-19/h5,7,9-13,25H,4,6,8H2,1-3H3/b14-5+,15-10+. The monoisotopic (exact) mass is 391 g/mol. The van der Waals surface area contributed by atoms with E-state index < -0.39 is 0 Å². The fourth-order valence-corrected chi connectivity index (χ4v) is 3.50. The number of allylic oxidation sites excluding steroid dienone is 4. The highest BCUT2D eigenvalue weighted by Gasteiger charge is 2.22. The van der Waals surface area contributed by atoms with Crippen LogP contribution in [0.3, 0.4) is 0 Å². The predicted molar refractivity (Wildman–Crippen MR) is 109 cm³/mol. The summed E-state index contributed by atoms with van der Waals surface area (Å²) in [7, 11) is 0. The molecule has 1 N–H and O–H groups in total. The van der Waals surface area contributed by atoms with Gasteiger partial charge in [-0.1, -0.05) is 49.2 Å². The molecule has 2 aromatic heterocycles. The lowest BCUT2D eigenvalue weighted by Crippen LogP contribution is -2.14. The summed E-state index contributed by atoms with van der Waals surface area (Å²) in [6, 6.07) is 0. The third kappa shape index (κ3) is 3.81. The second-order valence-corrected chi connectivity index (χ2v) is 7.27. The van der Waals surface area contributed by atoms with Gasteiger partial charge < -0.3 is 9.72 Å². The molecule has 138 valence electrons. The molecule has 4 nitrogen and oxygen atoms in total. The smallest absolute Gasteiger partial charge is 0.242 e. The van der Waals surface area contributed by atoms with Crippen LogP contribution in [0.2, 0.25) is 0 Å². The number of nitrogens with zero attached hydrogens (tertiary/aromatic N) is 2. The maximum absolute atomic E-state index is 6.24. The van der Waals surface area contributed by atoms with E-state index in [0.29, 0.717) is 21.9 Å². The molecular formula is C20H23Cl2N3O. The van der Waals surface area contributed by atoms with Crippen molar-refractivity contribution in [2.24, 2.45) is 0 Å². The molecular weight excluding hydrogens is 369 g/mol. The van der Waals surface area contributed by atoms with Gasteiger partial charge >= 0.3 is 0 Å². The maximum Gasteiger partial charge on any atom is 0.242 e. The van der Waals surface area contributed by atoms with Crippen LogP contribution in [0.5, 0.6) is 5.88 Å². The first-order valence-corrected chi connectivity index (χ1v) is 9.70. The van der Waals surface area contributed by atoms with Crippen LogP contribution in [0.25, 0.3) is 17.1 Å². The van der Waals surface area contributed by atoms with Crippen molar-refractivity contribution in [1.82, 2.24) is 15.0 Å². The molecule has 0 aliphatic heterocycles. The van der Waals surface area contributed by atoms with E-state index in [4.69, 9.17) is 27.9 Å². The maximum atomic E-state index is 6.24. The normalized spacial score (nSPS) is 19.3. The molecule has 3 rings (SSSR count). The molecule has 0 saturated carbocycles. The molecule has 0 saturated heterocycles. The van der Waals surface area contributed by atoms with E-state index in [9.17, 15) is 0 Å². The number of fused-ring (bicyclic) bond motifs is 3. The number of H-pyrrole nitrogens is 1. The van der Waals surface area contributed by atoms with Gasteiger partial charge in [0.2, 0.25) is 5.88 Å². The zero-order chi connectivity index (χ0) is 18.7. The molecule has 2 heterocycles. The summed E-state index contributed by atoms with van der Waals surface area (Å²) in [5, 5.41) is 0.984. The molecule has 0 aromatic carbocycles. The van der Waals surface area contributed by atoms with E-state index in [2.05, 4.69) is 34.0 Å². The molecule has 0 spiro atoms. The molecule has 0 fully saturated rings. The molecule has 0 amide bonds. The SMILES string of the molecule is C/C=C(Cl)\C(Cl)=C/C(CC)Oc1ncnc2c3c([nH]c12)C=CCCC3C. The summed E-state index contributed by atoms with van der Waals surface area (Å²) in [4.78, 5) is 12.3. The van der Waals surface area contributed by atoms with Crippen LogP contribution in [0.4, 0.5) is 0 Å². The van der Waals surface area contributed by atoms with Gasteiger partial charge in [0, 0.05) is 11.3 Å². The Bertz CT molecular complexity index is 883. The number of nitrogens with one attached hydrogen (secondary N) is 1. The Balaban J connectivity index is 1.99. The Labute approximate surface area is 164 Å². The predicted octanol–water partition coefficient (Wildman–Crippen LogP) is 6.29. The first-order valence-electron chi connectivity index (χ1n) is 8.94. The average molecular weight is 392 g/mol. The Morgan fingerprint density at radius 3 is 2.92 bits per heavy atom. The summed E-state index contributed by atoms with van der Waals surface area (Å²) in [5.41, 5.74) is 4.09. The van der Waals surface area contributed by atoms with Crippen LogP contribution in [0, 0.1) is 0 Å². The first kappa shape index (κ1) is 19.0. The van der Waals surface area contributed by atoms with Gasteiger partial charge in [0.05, 0.1) is 15.6 Å². The molecule has 2 atom stereocenters. The van der Waals surface area contributed by atoms with Crippen molar-refractivity contribution in [3.05, 3.63) is 45.9 Å². The van der Waals surface area contributed by atoms with Crippen LogP contribution in [-0.2, 0) is 0 Å². The number of hydrogen-bond donors (Lipinski definition) is 1. The largest absolute Gasteiger partial charge is 0.468 e. The zero-order valence-corrected chi connectivity index (χ0v) is 16.7. The van der Waals surface area contributed by atoms with E-state index in [0.717, 1.165) is 36.0 Å². The number of aromatic amines is 1. The summed E-state index contributed by atoms with van der Waals surface area (Å²) >= 11 is 12.3. The minimum atomic E-state index is -0.231. The van der Waals surface area contributed by atoms with Gasteiger partial charge in [-0.25, -0.2) is 4.98 Å². The molecule has 0 bridgehead atoms. The molecule has 26 heavy (non-hydrogen) atoms. The third-order valence-electron chi connectivity index (χ3n) is 4.64. The van der Waals surface area contributed by atoms with Crippen LogP contribution in [0.1, 0.15) is 57.2 Å². The number of halogens is 2. The van der Waals surface area contributed by atoms with Crippen molar-refractivity contribution >= 4 is 40.3 Å².